The van der Waals surface area contributed by atoms with Gasteiger partial charge in [0.2, 0.25) is 0 Å². The minimum absolute atomic E-state index is 0.185. The third-order valence-corrected chi connectivity index (χ3v) is 2.86. The summed E-state index contributed by atoms with van der Waals surface area (Å²) < 4.78 is 46.1. The second-order valence-corrected chi connectivity index (χ2v) is 4.18. The van der Waals surface area contributed by atoms with Crippen LogP contribution in [0.25, 0.3) is 0 Å². The fourth-order valence-electron chi connectivity index (χ4n) is 1.10. The van der Waals surface area contributed by atoms with Crippen molar-refractivity contribution in [3.63, 3.8) is 0 Å². The highest BCUT2D eigenvalue weighted by atomic mass is 32.2. The van der Waals surface area contributed by atoms with Crippen LogP contribution in [-0.2, 0) is 4.74 Å². The summed E-state index contributed by atoms with van der Waals surface area (Å²) in [7, 11) is 1.54. The number of thioether (sulfide) groups is 1. The first-order valence-corrected chi connectivity index (χ1v) is 5.68. The predicted octanol–water partition coefficient (Wildman–Crippen LogP) is 2.75. The van der Waals surface area contributed by atoms with Gasteiger partial charge in [-0.25, -0.2) is 4.39 Å². The molecule has 0 aliphatic heterocycles. The highest BCUT2D eigenvalue weighted by Gasteiger charge is 2.13. The molecule has 0 radical (unpaired) electrons. The molecular weight excluding hydrogens is 255 g/mol. The van der Waals surface area contributed by atoms with Crippen LogP contribution in [0.1, 0.15) is 0 Å². The molecule has 0 aliphatic rings. The highest BCUT2D eigenvalue weighted by Crippen LogP contribution is 2.32. The summed E-state index contributed by atoms with van der Waals surface area (Å²) in [5, 5.41) is 0. The Morgan fingerprint density at radius 2 is 2.12 bits per heavy atom. The summed E-state index contributed by atoms with van der Waals surface area (Å²) in [5.74, 6) is -0.825. The van der Waals surface area contributed by atoms with Crippen LogP contribution in [-0.4, -0.2) is 26.1 Å². The first kappa shape index (κ1) is 14.0. The van der Waals surface area contributed by atoms with Gasteiger partial charge in [0.15, 0.2) is 11.6 Å². The molecule has 0 saturated carbocycles. The van der Waals surface area contributed by atoms with E-state index >= 15 is 0 Å². The molecule has 96 valence electrons. The number of anilines is 1. The Kier molecular flexibility index (Phi) is 5.43. The number of rotatable bonds is 6. The highest BCUT2D eigenvalue weighted by molar-refractivity contribution is 7.99. The van der Waals surface area contributed by atoms with Crippen molar-refractivity contribution in [2.75, 3.05) is 25.2 Å². The smallest absolute Gasteiger partial charge is 0.387 e. The van der Waals surface area contributed by atoms with E-state index in [0.29, 0.717) is 17.3 Å². The van der Waals surface area contributed by atoms with E-state index in [2.05, 4.69) is 4.74 Å². The number of hydrogen-bond donors (Lipinski definition) is 1. The van der Waals surface area contributed by atoms with Crippen LogP contribution in [0.4, 0.5) is 18.9 Å². The third kappa shape index (κ3) is 4.35. The standard InChI is InChI=1S/C10H12F3NO2S/c1-15-2-3-17-9-5-8(16-10(12)13)6(11)4-7(9)14/h4-5,10H,2-3,14H2,1H3. The largest absolute Gasteiger partial charge is 0.432 e. The van der Waals surface area contributed by atoms with E-state index in [-0.39, 0.29) is 5.69 Å². The molecule has 0 aromatic heterocycles. The number of nitrogens with two attached hydrogens (primary N) is 1. The zero-order chi connectivity index (χ0) is 12.8. The number of halogens is 3. The third-order valence-electron chi connectivity index (χ3n) is 1.83. The van der Waals surface area contributed by atoms with Crippen molar-refractivity contribution in [3.8, 4) is 5.75 Å². The van der Waals surface area contributed by atoms with E-state index < -0.39 is 18.2 Å². The van der Waals surface area contributed by atoms with Crippen LogP contribution in [0.3, 0.4) is 0 Å². The summed E-state index contributed by atoms with van der Waals surface area (Å²) in [6, 6.07) is 2.13. The van der Waals surface area contributed by atoms with Gasteiger partial charge in [-0.15, -0.1) is 11.8 Å². The van der Waals surface area contributed by atoms with Crippen molar-refractivity contribution in [1.29, 1.82) is 0 Å². The van der Waals surface area contributed by atoms with Crippen molar-refractivity contribution >= 4 is 17.4 Å². The van der Waals surface area contributed by atoms with E-state index in [1.54, 1.807) is 7.11 Å². The van der Waals surface area contributed by atoms with Gasteiger partial charge in [-0.3, -0.25) is 0 Å². The van der Waals surface area contributed by atoms with Crippen molar-refractivity contribution in [1.82, 2.24) is 0 Å². The Bertz CT molecular complexity index is 377. The number of benzene rings is 1. The second-order valence-electron chi connectivity index (χ2n) is 3.04. The van der Waals surface area contributed by atoms with E-state index in [4.69, 9.17) is 10.5 Å². The number of ether oxygens (including phenoxy) is 2. The second kappa shape index (κ2) is 6.61. The fraction of sp³-hybridized carbons (Fsp3) is 0.400. The van der Waals surface area contributed by atoms with E-state index in [9.17, 15) is 13.2 Å². The molecule has 0 aliphatic carbocycles. The van der Waals surface area contributed by atoms with Gasteiger partial charge in [0.25, 0.3) is 0 Å². The minimum atomic E-state index is -3.06. The molecule has 1 aromatic carbocycles. The lowest BCUT2D eigenvalue weighted by Crippen LogP contribution is -2.05. The molecule has 0 heterocycles. The summed E-state index contributed by atoms with van der Waals surface area (Å²) >= 11 is 1.28. The normalized spacial score (nSPS) is 10.9. The molecule has 0 fully saturated rings. The molecule has 0 spiro atoms. The first-order chi connectivity index (χ1) is 8.04. The number of alkyl halides is 2. The van der Waals surface area contributed by atoms with Crippen LogP contribution in [0.5, 0.6) is 5.75 Å². The van der Waals surface area contributed by atoms with Crippen LogP contribution < -0.4 is 10.5 Å². The van der Waals surface area contributed by atoms with Gasteiger partial charge in [0, 0.05) is 29.5 Å². The van der Waals surface area contributed by atoms with Crippen LogP contribution in [0.2, 0.25) is 0 Å². The zero-order valence-electron chi connectivity index (χ0n) is 9.08. The summed E-state index contributed by atoms with van der Waals surface area (Å²) in [4.78, 5) is 0.485. The zero-order valence-corrected chi connectivity index (χ0v) is 9.90. The molecule has 0 atom stereocenters. The van der Waals surface area contributed by atoms with Gasteiger partial charge in [-0.2, -0.15) is 8.78 Å². The lowest BCUT2D eigenvalue weighted by Gasteiger charge is -2.10. The lowest BCUT2D eigenvalue weighted by atomic mass is 10.3. The molecule has 0 unspecified atom stereocenters. The van der Waals surface area contributed by atoms with Crippen molar-refractivity contribution < 1.29 is 22.6 Å². The van der Waals surface area contributed by atoms with Gasteiger partial charge in [0.1, 0.15) is 0 Å². The summed E-state index contributed by atoms with van der Waals surface area (Å²) in [6.45, 7) is -2.59. The van der Waals surface area contributed by atoms with E-state index in [0.717, 1.165) is 12.1 Å². The first-order valence-electron chi connectivity index (χ1n) is 4.70. The molecule has 1 aromatic rings. The molecular formula is C10H12F3NO2S. The van der Waals surface area contributed by atoms with Crippen LogP contribution in [0, 0.1) is 5.82 Å². The predicted molar refractivity (Wildman–Crippen MR) is 60.0 cm³/mol. The topological polar surface area (TPSA) is 44.5 Å². The molecule has 3 nitrogen and oxygen atoms in total. The van der Waals surface area contributed by atoms with Gasteiger partial charge >= 0.3 is 6.61 Å². The lowest BCUT2D eigenvalue weighted by molar-refractivity contribution is -0.0523. The number of hydrogen-bond acceptors (Lipinski definition) is 4. The summed E-state index contributed by atoms with van der Waals surface area (Å²) in [6.07, 6.45) is 0. The molecule has 0 bridgehead atoms. The summed E-state index contributed by atoms with van der Waals surface area (Å²) in [5.41, 5.74) is 5.74. The van der Waals surface area contributed by atoms with Crippen LogP contribution >= 0.6 is 11.8 Å². The monoisotopic (exact) mass is 267 g/mol. The quantitative estimate of drug-likeness (QED) is 0.489. The van der Waals surface area contributed by atoms with Crippen LogP contribution in [0.15, 0.2) is 17.0 Å². The van der Waals surface area contributed by atoms with Crippen molar-refractivity contribution in [3.05, 3.63) is 17.9 Å². The van der Waals surface area contributed by atoms with Gasteiger partial charge in [0.05, 0.1) is 6.61 Å². The van der Waals surface area contributed by atoms with E-state index in [1.807, 2.05) is 0 Å². The molecule has 0 amide bonds. The van der Waals surface area contributed by atoms with E-state index in [1.165, 1.54) is 11.8 Å². The van der Waals surface area contributed by atoms with Gasteiger partial charge < -0.3 is 15.2 Å². The number of nitrogen functional groups attached to an aromatic ring is 1. The van der Waals surface area contributed by atoms with Crippen molar-refractivity contribution in [2.24, 2.45) is 0 Å². The molecule has 0 saturated heterocycles. The Morgan fingerprint density at radius 1 is 1.41 bits per heavy atom. The fourth-order valence-corrected chi connectivity index (χ4v) is 1.98. The Balaban J connectivity index is 2.82. The van der Waals surface area contributed by atoms with Gasteiger partial charge in [-0.05, 0) is 6.07 Å². The van der Waals surface area contributed by atoms with Crippen molar-refractivity contribution in [2.45, 2.75) is 11.5 Å². The minimum Gasteiger partial charge on any atom is -0.432 e. The Morgan fingerprint density at radius 3 is 2.71 bits per heavy atom. The molecule has 7 heteroatoms. The average Bonchev–Trinajstić information content (AvgIpc) is 2.24. The Labute approximate surface area is 101 Å². The Hall–Kier alpha value is -1.08. The maximum Gasteiger partial charge on any atom is 0.387 e. The van der Waals surface area contributed by atoms with Gasteiger partial charge in [-0.1, -0.05) is 0 Å². The maximum atomic E-state index is 13.2. The number of methoxy groups -OCH3 is 1. The molecule has 2 N–H and O–H groups in total. The average molecular weight is 267 g/mol. The molecule has 1 rings (SSSR count). The maximum absolute atomic E-state index is 13.2. The SMILES string of the molecule is COCCSc1cc(OC(F)F)c(F)cc1N. The molecule has 17 heavy (non-hydrogen) atoms.